The minimum atomic E-state index is -3.89. The number of benzene rings is 3. The van der Waals surface area contributed by atoms with Crippen LogP contribution in [0.5, 0.6) is 0 Å². The lowest BCUT2D eigenvalue weighted by Crippen LogP contribution is -2.03. The van der Waals surface area contributed by atoms with Crippen molar-refractivity contribution >= 4 is 42.7 Å². The molecule has 148 valence electrons. The lowest BCUT2D eigenvalue weighted by Gasteiger charge is -2.06. The second-order valence-corrected chi connectivity index (χ2v) is 9.63. The largest absolute Gasteiger partial charge is 0.342 e. The maximum atomic E-state index is 12.9. The second-order valence-electron chi connectivity index (χ2n) is 6.80. The molecule has 3 aromatic carbocycles. The summed E-state index contributed by atoms with van der Waals surface area (Å²) in [5.74, 6) is 0. The number of halogens is 1. The summed E-state index contributed by atoms with van der Waals surface area (Å²) in [6, 6.07) is 25.7. The van der Waals surface area contributed by atoms with Crippen LogP contribution in [0.4, 0.5) is 0 Å². The van der Waals surface area contributed by atoms with Gasteiger partial charge in [0.25, 0.3) is 0 Å². The van der Waals surface area contributed by atoms with E-state index in [4.69, 9.17) is 0 Å². The van der Waals surface area contributed by atoms with E-state index in [1.54, 1.807) is 18.2 Å². The van der Waals surface area contributed by atoms with E-state index in [0.717, 1.165) is 20.9 Å². The van der Waals surface area contributed by atoms with Gasteiger partial charge in [-0.3, -0.25) is 0 Å². The summed E-state index contributed by atoms with van der Waals surface area (Å²) >= 11 is 3.50. The normalized spacial score (nSPS) is 12.1. The zero-order valence-electron chi connectivity index (χ0n) is 15.9. The number of fused-ring (bicyclic) bond motifs is 1. The van der Waals surface area contributed by atoms with Crippen LogP contribution < -0.4 is 0 Å². The third-order valence-corrected chi connectivity index (χ3v) is 6.98. The van der Waals surface area contributed by atoms with E-state index < -0.39 is 9.84 Å². The third-order valence-electron chi connectivity index (χ3n) is 4.80. The van der Waals surface area contributed by atoms with Crippen LogP contribution in [-0.4, -0.2) is 13.0 Å². The molecule has 0 saturated heterocycles. The molecule has 4 aromatic rings. The highest BCUT2D eigenvalue weighted by atomic mass is 79.9. The Kier molecular flexibility index (Phi) is 5.58. The molecule has 0 N–H and O–H groups in total. The average Bonchev–Trinajstić information content (AvgIpc) is 3.10. The molecule has 0 aliphatic carbocycles. The Hall–Kier alpha value is -3.14. The Morgan fingerprint density at radius 2 is 1.73 bits per heavy atom. The van der Waals surface area contributed by atoms with Crippen molar-refractivity contribution in [2.45, 2.75) is 11.4 Å². The molecule has 0 radical (unpaired) electrons. The van der Waals surface area contributed by atoms with E-state index in [0.29, 0.717) is 12.1 Å². The van der Waals surface area contributed by atoms with Gasteiger partial charge in [-0.15, -0.1) is 0 Å². The third kappa shape index (κ3) is 3.95. The van der Waals surface area contributed by atoms with Gasteiger partial charge in [-0.05, 0) is 42.0 Å². The SMILES string of the molecule is N#CC(=Cc1cn(Cc2cccc(Br)c2)c2ccccc12)S(=O)(=O)c1ccccc1. The summed E-state index contributed by atoms with van der Waals surface area (Å²) in [5.41, 5.74) is 2.77. The van der Waals surface area contributed by atoms with E-state index >= 15 is 0 Å². The van der Waals surface area contributed by atoms with Crippen LogP contribution in [0, 0.1) is 11.3 Å². The molecule has 4 rings (SSSR count). The fourth-order valence-electron chi connectivity index (χ4n) is 3.39. The predicted molar refractivity (Wildman–Crippen MR) is 122 cm³/mol. The molecule has 0 amide bonds. The molecular formula is C24H17BrN2O2S. The second kappa shape index (κ2) is 8.31. The van der Waals surface area contributed by atoms with Crippen LogP contribution in [0.15, 0.2) is 99.3 Å². The number of allylic oxidation sites excluding steroid dienone is 1. The summed E-state index contributed by atoms with van der Waals surface area (Å²) in [6.45, 7) is 0.626. The molecule has 1 aromatic heterocycles. The lowest BCUT2D eigenvalue weighted by atomic mass is 10.1. The highest BCUT2D eigenvalue weighted by molar-refractivity contribution is 9.10. The number of rotatable bonds is 5. The van der Waals surface area contributed by atoms with E-state index in [9.17, 15) is 13.7 Å². The van der Waals surface area contributed by atoms with Gasteiger partial charge in [0.05, 0.1) is 4.90 Å². The van der Waals surface area contributed by atoms with Gasteiger partial charge in [-0.25, -0.2) is 8.42 Å². The number of nitrogens with zero attached hydrogens (tertiary/aromatic N) is 2. The van der Waals surface area contributed by atoms with Crippen LogP contribution in [0.1, 0.15) is 11.1 Å². The Bertz CT molecular complexity index is 1400. The first-order valence-corrected chi connectivity index (χ1v) is 11.5. The Morgan fingerprint density at radius 3 is 2.47 bits per heavy atom. The summed E-state index contributed by atoms with van der Waals surface area (Å²) in [7, 11) is -3.89. The van der Waals surface area contributed by atoms with Gasteiger partial charge in [0.2, 0.25) is 9.84 Å². The molecule has 0 atom stereocenters. The van der Waals surface area contributed by atoms with Gasteiger partial charge in [-0.1, -0.05) is 64.5 Å². The number of hydrogen-bond donors (Lipinski definition) is 0. The van der Waals surface area contributed by atoms with Gasteiger partial charge in [0.1, 0.15) is 11.0 Å². The summed E-state index contributed by atoms with van der Waals surface area (Å²) in [6.07, 6.45) is 3.35. The topological polar surface area (TPSA) is 62.9 Å². The smallest absolute Gasteiger partial charge is 0.216 e. The first kappa shape index (κ1) is 20.1. The molecule has 1 heterocycles. The van der Waals surface area contributed by atoms with Gasteiger partial charge in [0, 0.05) is 33.7 Å². The molecular weight excluding hydrogens is 460 g/mol. The average molecular weight is 477 g/mol. The molecule has 4 nitrogen and oxygen atoms in total. The standard InChI is InChI=1S/C24H17BrN2O2S/c25-20-8-6-7-18(13-20)16-27-17-19(23-11-4-5-12-24(23)27)14-22(15-26)30(28,29)21-9-2-1-3-10-21/h1-14,17H,16H2. The number of nitriles is 1. The summed E-state index contributed by atoms with van der Waals surface area (Å²) in [5, 5.41) is 10.5. The van der Waals surface area contributed by atoms with Crippen molar-refractivity contribution in [3.05, 3.63) is 106 Å². The minimum absolute atomic E-state index is 0.107. The van der Waals surface area contributed by atoms with Crippen LogP contribution in [0.2, 0.25) is 0 Å². The first-order chi connectivity index (χ1) is 14.5. The predicted octanol–water partition coefficient (Wildman–Crippen LogP) is 5.79. The van der Waals surface area contributed by atoms with Crippen LogP contribution in [0.3, 0.4) is 0 Å². The molecule has 0 fully saturated rings. The van der Waals surface area contributed by atoms with Crippen molar-refractivity contribution < 1.29 is 8.42 Å². The highest BCUT2D eigenvalue weighted by Gasteiger charge is 2.21. The van der Waals surface area contributed by atoms with E-state index in [2.05, 4.69) is 20.5 Å². The number of hydrogen-bond acceptors (Lipinski definition) is 3. The monoisotopic (exact) mass is 476 g/mol. The molecule has 0 spiro atoms. The van der Waals surface area contributed by atoms with Crippen molar-refractivity contribution in [2.75, 3.05) is 0 Å². The maximum Gasteiger partial charge on any atom is 0.216 e. The van der Waals surface area contributed by atoms with E-state index in [-0.39, 0.29) is 9.80 Å². The van der Waals surface area contributed by atoms with Gasteiger partial charge in [-0.2, -0.15) is 5.26 Å². The lowest BCUT2D eigenvalue weighted by molar-refractivity contribution is 0.603. The molecule has 0 saturated carbocycles. The van der Waals surface area contributed by atoms with Crippen molar-refractivity contribution in [3.8, 4) is 6.07 Å². The molecule has 30 heavy (non-hydrogen) atoms. The van der Waals surface area contributed by atoms with Crippen LogP contribution in [-0.2, 0) is 16.4 Å². The Morgan fingerprint density at radius 1 is 1.00 bits per heavy atom. The number of para-hydroxylation sites is 1. The fraction of sp³-hybridized carbons (Fsp3) is 0.0417. The quantitative estimate of drug-likeness (QED) is 0.342. The molecule has 0 aliphatic heterocycles. The van der Waals surface area contributed by atoms with Crippen molar-refractivity contribution in [1.82, 2.24) is 4.57 Å². The zero-order chi connectivity index (χ0) is 21.1. The summed E-state index contributed by atoms with van der Waals surface area (Å²) < 4.78 is 28.9. The van der Waals surface area contributed by atoms with E-state index in [1.807, 2.05) is 60.8 Å². The summed E-state index contributed by atoms with van der Waals surface area (Å²) in [4.78, 5) is -0.172. The Balaban J connectivity index is 1.82. The van der Waals surface area contributed by atoms with Crippen molar-refractivity contribution in [3.63, 3.8) is 0 Å². The van der Waals surface area contributed by atoms with Crippen LogP contribution >= 0.6 is 15.9 Å². The molecule has 0 unspecified atom stereocenters. The molecule has 0 bridgehead atoms. The zero-order valence-corrected chi connectivity index (χ0v) is 18.3. The Labute approximate surface area is 183 Å². The molecule has 0 aliphatic rings. The van der Waals surface area contributed by atoms with Crippen molar-refractivity contribution in [1.29, 1.82) is 5.26 Å². The number of aromatic nitrogens is 1. The highest BCUT2D eigenvalue weighted by Crippen LogP contribution is 2.27. The van der Waals surface area contributed by atoms with Gasteiger partial charge < -0.3 is 4.57 Å². The van der Waals surface area contributed by atoms with E-state index in [1.165, 1.54) is 18.2 Å². The van der Waals surface area contributed by atoms with Gasteiger partial charge >= 0.3 is 0 Å². The minimum Gasteiger partial charge on any atom is -0.342 e. The van der Waals surface area contributed by atoms with Crippen molar-refractivity contribution in [2.24, 2.45) is 0 Å². The number of sulfone groups is 1. The van der Waals surface area contributed by atoms with Crippen LogP contribution in [0.25, 0.3) is 17.0 Å². The maximum absolute atomic E-state index is 12.9. The molecule has 6 heteroatoms. The first-order valence-electron chi connectivity index (χ1n) is 9.23. The fourth-order valence-corrected chi connectivity index (χ4v) is 5.01. The van der Waals surface area contributed by atoms with Gasteiger partial charge in [0.15, 0.2) is 0 Å².